The molecule has 1 aromatic heterocycles. The van der Waals surface area contributed by atoms with Crippen LogP contribution in [0.25, 0.3) is 0 Å². The van der Waals surface area contributed by atoms with Crippen LogP contribution >= 0.6 is 11.3 Å². The number of ether oxygens (including phenoxy) is 3. The maximum atomic E-state index is 11.8. The van der Waals surface area contributed by atoms with Crippen molar-refractivity contribution in [3.05, 3.63) is 27.7 Å². The zero-order valence-electron chi connectivity index (χ0n) is 17.7. The number of hydrogen-bond acceptors (Lipinski definition) is 6. The Morgan fingerprint density at radius 3 is 2.79 bits per heavy atom. The summed E-state index contributed by atoms with van der Waals surface area (Å²) in [5, 5.41) is 3.39. The number of aromatic nitrogens is 1. The summed E-state index contributed by atoms with van der Waals surface area (Å²) < 4.78 is 18.9. The van der Waals surface area contributed by atoms with Crippen molar-refractivity contribution in [2.45, 2.75) is 90.3 Å². The Kier molecular flexibility index (Phi) is 4.96. The van der Waals surface area contributed by atoms with Crippen molar-refractivity contribution >= 4 is 17.3 Å². The first-order valence-corrected chi connectivity index (χ1v) is 11.2. The van der Waals surface area contributed by atoms with Gasteiger partial charge in [-0.3, -0.25) is 4.79 Å². The highest BCUT2D eigenvalue weighted by molar-refractivity contribution is 7.09. The lowest BCUT2D eigenvalue weighted by molar-refractivity contribution is -0.191. The molecule has 0 amide bonds. The Bertz CT molecular complexity index is 800. The highest BCUT2D eigenvalue weighted by atomic mass is 32.1. The molecule has 0 bridgehead atoms. The third-order valence-corrected chi connectivity index (χ3v) is 7.64. The van der Waals surface area contributed by atoms with Crippen molar-refractivity contribution in [1.29, 1.82) is 0 Å². The van der Waals surface area contributed by atoms with Crippen molar-refractivity contribution in [1.82, 2.24) is 4.98 Å². The molecule has 2 aliphatic carbocycles. The number of nitrogens with zero attached hydrogens (tertiary/aromatic N) is 1. The zero-order chi connectivity index (χ0) is 20.3. The minimum atomic E-state index is -0.716. The fourth-order valence-corrected chi connectivity index (χ4v) is 6.32. The molecule has 1 saturated carbocycles. The van der Waals surface area contributed by atoms with E-state index >= 15 is 0 Å². The van der Waals surface area contributed by atoms with Gasteiger partial charge in [0.1, 0.15) is 11.7 Å². The number of thiazole rings is 1. The number of esters is 1. The molecule has 1 spiro atoms. The molecule has 154 valence electrons. The molecule has 0 aromatic carbocycles. The number of carbonyl (C=O) groups is 1. The minimum absolute atomic E-state index is 0.154. The van der Waals surface area contributed by atoms with E-state index in [-0.39, 0.29) is 18.0 Å². The Balaban J connectivity index is 1.82. The summed E-state index contributed by atoms with van der Waals surface area (Å²) in [5.74, 6) is -0.256. The first-order valence-electron chi connectivity index (χ1n) is 10.4. The number of carbonyl (C=O) groups excluding carboxylic acids is 1. The molecule has 1 aromatic rings. The fourth-order valence-electron chi connectivity index (χ4n) is 5.51. The van der Waals surface area contributed by atoms with Crippen molar-refractivity contribution in [2.24, 2.45) is 11.8 Å². The summed E-state index contributed by atoms with van der Waals surface area (Å²) in [7, 11) is 0. The summed E-state index contributed by atoms with van der Waals surface area (Å²) in [6.45, 7) is 11.8. The van der Waals surface area contributed by atoms with Crippen LogP contribution in [0.15, 0.2) is 17.0 Å². The molecule has 0 radical (unpaired) electrons. The van der Waals surface area contributed by atoms with E-state index in [1.165, 1.54) is 17.6 Å². The monoisotopic (exact) mass is 405 g/mol. The minimum Gasteiger partial charge on any atom is -0.455 e. The van der Waals surface area contributed by atoms with E-state index in [4.69, 9.17) is 19.2 Å². The first kappa shape index (κ1) is 20.0. The van der Waals surface area contributed by atoms with E-state index in [1.54, 1.807) is 11.3 Å². The SMILES string of the molecule is CCc1nc([C@H]2CC[C@H](C)[C@]34OC(C)(C)O[C@H]3[C@H](OC(C)=O)C(C)=C[C@@H]24)cs1. The van der Waals surface area contributed by atoms with E-state index in [1.807, 2.05) is 20.8 Å². The van der Waals surface area contributed by atoms with Crippen LogP contribution in [0, 0.1) is 11.8 Å². The largest absolute Gasteiger partial charge is 0.455 e. The Morgan fingerprint density at radius 1 is 1.39 bits per heavy atom. The van der Waals surface area contributed by atoms with E-state index in [2.05, 4.69) is 25.3 Å². The Labute approximate surface area is 171 Å². The van der Waals surface area contributed by atoms with Gasteiger partial charge in [-0.2, -0.15) is 0 Å². The van der Waals surface area contributed by atoms with Gasteiger partial charge in [-0.25, -0.2) is 4.98 Å². The maximum absolute atomic E-state index is 11.8. The quantitative estimate of drug-likeness (QED) is 0.543. The fraction of sp³-hybridized carbons (Fsp3) is 0.727. The molecule has 28 heavy (non-hydrogen) atoms. The first-order chi connectivity index (χ1) is 13.2. The summed E-state index contributed by atoms with van der Waals surface area (Å²) >= 11 is 1.74. The van der Waals surface area contributed by atoms with Gasteiger partial charge in [0.2, 0.25) is 0 Å². The van der Waals surface area contributed by atoms with Gasteiger partial charge in [-0.05, 0) is 51.5 Å². The molecule has 2 fully saturated rings. The predicted molar refractivity (Wildman–Crippen MR) is 108 cm³/mol. The molecule has 0 N–H and O–H groups in total. The number of rotatable bonds is 3. The van der Waals surface area contributed by atoms with Gasteiger partial charge >= 0.3 is 5.97 Å². The van der Waals surface area contributed by atoms with Crippen LogP contribution in [0.5, 0.6) is 0 Å². The van der Waals surface area contributed by atoms with Crippen molar-refractivity contribution in [2.75, 3.05) is 0 Å². The van der Waals surface area contributed by atoms with Gasteiger partial charge in [-0.1, -0.05) is 19.9 Å². The standard InChI is InChI=1S/C22H31NO4S/c1-7-18-23-17(11-28-18)15-9-8-13(3)22-16(15)10-12(2)19(25-14(4)24)20(22)26-21(5,6)27-22/h10-11,13,15-16,19-20H,7-9H2,1-6H3/t13-,15-,16-,19+,20-,22+/m0/s1. The van der Waals surface area contributed by atoms with Crippen LogP contribution in [0.3, 0.4) is 0 Å². The molecule has 5 nitrogen and oxygen atoms in total. The van der Waals surface area contributed by atoms with E-state index in [0.717, 1.165) is 24.8 Å². The van der Waals surface area contributed by atoms with Crippen molar-refractivity contribution in [3.63, 3.8) is 0 Å². The molecule has 3 aliphatic rings. The van der Waals surface area contributed by atoms with Crippen molar-refractivity contribution in [3.8, 4) is 0 Å². The average Bonchev–Trinajstić information content (AvgIpc) is 3.19. The van der Waals surface area contributed by atoms with Gasteiger partial charge in [0, 0.05) is 24.1 Å². The second kappa shape index (κ2) is 6.92. The highest BCUT2D eigenvalue weighted by Crippen LogP contribution is 2.59. The molecule has 1 saturated heterocycles. The maximum Gasteiger partial charge on any atom is 0.303 e. The second-order valence-electron chi connectivity index (χ2n) is 8.96. The van der Waals surface area contributed by atoms with E-state index in [0.29, 0.717) is 11.8 Å². The molecule has 0 unspecified atom stereocenters. The number of aryl methyl sites for hydroxylation is 1. The zero-order valence-corrected chi connectivity index (χ0v) is 18.5. The second-order valence-corrected chi connectivity index (χ2v) is 9.91. The average molecular weight is 406 g/mol. The van der Waals surface area contributed by atoms with Gasteiger partial charge in [-0.15, -0.1) is 11.3 Å². The highest BCUT2D eigenvalue weighted by Gasteiger charge is 2.67. The van der Waals surface area contributed by atoms with Crippen LogP contribution < -0.4 is 0 Å². The molecule has 1 aliphatic heterocycles. The molecule has 2 heterocycles. The Hall–Kier alpha value is -1.24. The normalized spacial score (nSPS) is 39.1. The van der Waals surface area contributed by atoms with E-state index < -0.39 is 17.5 Å². The summed E-state index contributed by atoms with van der Waals surface area (Å²) in [5.41, 5.74) is 1.70. The van der Waals surface area contributed by atoms with Crippen LogP contribution in [0.2, 0.25) is 0 Å². The van der Waals surface area contributed by atoms with Gasteiger partial charge in [0.05, 0.1) is 10.7 Å². The molecular weight excluding hydrogens is 374 g/mol. The molecule has 6 atom stereocenters. The smallest absolute Gasteiger partial charge is 0.303 e. The Morgan fingerprint density at radius 2 is 2.14 bits per heavy atom. The van der Waals surface area contributed by atoms with E-state index in [9.17, 15) is 4.79 Å². The molecule has 6 heteroatoms. The van der Waals surface area contributed by atoms with Gasteiger partial charge in [0.25, 0.3) is 0 Å². The third kappa shape index (κ3) is 3.04. The summed E-state index contributed by atoms with van der Waals surface area (Å²) in [4.78, 5) is 16.7. The summed E-state index contributed by atoms with van der Waals surface area (Å²) in [6.07, 6.45) is 4.65. The third-order valence-electron chi connectivity index (χ3n) is 6.62. The molecule has 4 rings (SSSR count). The molecular formula is C22H31NO4S. The lowest BCUT2D eigenvalue weighted by atomic mass is 9.57. The van der Waals surface area contributed by atoms with Crippen LogP contribution in [-0.4, -0.2) is 34.5 Å². The van der Waals surface area contributed by atoms with Gasteiger partial charge < -0.3 is 14.2 Å². The lowest BCUT2D eigenvalue weighted by Crippen LogP contribution is -2.62. The topological polar surface area (TPSA) is 57.6 Å². The van der Waals surface area contributed by atoms with Crippen molar-refractivity contribution < 1.29 is 19.0 Å². The predicted octanol–water partition coefficient (Wildman–Crippen LogP) is 4.62. The summed E-state index contributed by atoms with van der Waals surface area (Å²) in [6, 6.07) is 0. The van der Waals surface area contributed by atoms with Crippen LogP contribution in [0.4, 0.5) is 0 Å². The number of hydrogen-bond donors (Lipinski definition) is 0. The van der Waals surface area contributed by atoms with Crippen LogP contribution in [-0.2, 0) is 25.4 Å². The van der Waals surface area contributed by atoms with Crippen LogP contribution in [0.1, 0.15) is 71.0 Å². The lowest BCUT2D eigenvalue weighted by Gasteiger charge is -2.53. The van der Waals surface area contributed by atoms with Gasteiger partial charge in [0.15, 0.2) is 11.9 Å².